The second-order valence-electron chi connectivity index (χ2n) is 4.75. The number of benzene rings is 1. The van der Waals surface area contributed by atoms with Gasteiger partial charge in [0.05, 0.1) is 0 Å². The van der Waals surface area contributed by atoms with E-state index in [2.05, 4.69) is 15.5 Å². The van der Waals surface area contributed by atoms with Crippen molar-refractivity contribution in [2.75, 3.05) is 25.0 Å². The molecule has 0 spiro atoms. The van der Waals surface area contributed by atoms with Crippen molar-refractivity contribution in [3.8, 4) is 5.75 Å². The highest BCUT2D eigenvalue weighted by atomic mass is 32.2. The van der Waals surface area contributed by atoms with E-state index in [1.54, 1.807) is 13.8 Å². The van der Waals surface area contributed by atoms with Crippen molar-refractivity contribution < 1.29 is 22.3 Å². The number of rotatable bonds is 8. The fourth-order valence-corrected chi connectivity index (χ4v) is 4.39. The molecule has 0 aliphatic rings. The van der Waals surface area contributed by atoms with Gasteiger partial charge in [-0.15, -0.1) is 10.2 Å². The summed E-state index contributed by atoms with van der Waals surface area (Å²) >= 11 is 0.762. The van der Waals surface area contributed by atoms with Gasteiger partial charge in [0, 0.05) is 13.1 Å². The third-order valence-corrected chi connectivity index (χ3v) is 6.34. The molecule has 0 saturated heterocycles. The highest BCUT2D eigenvalue weighted by Crippen LogP contribution is 2.23. The first-order chi connectivity index (χ1) is 11.9. The molecule has 0 radical (unpaired) electrons. The minimum Gasteiger partial charge on any atom is -0.484 e. The van der Waals surface area contributed by atoms with Crippen LogP contribution in [-0.4, -0.2) is 48.5 Å². The predicted molar refractivity (Wildman–Crippen MR) is 90.5 cm³/mol. The number of ether oxygens (including phenoxy) is 1. The molecule has 136 valence electrons. The number of carbonyl (C=O) groups is 1. The van der Waals surface area contributed by atoms with Crippen LogP contribution in [-0.2, 0) is 14.8 Å². The maximum atomic E-state index is 12.8. The van der Waals surface area contributed by atoms with E-state index in [0.717, 1.165) is 11.3 Å². The number of aromatic nitrogens is 2. The Morgan fingerprint density at radius 1 is 1.24 bits per heavy atom. The first-order valence-corrected chi connectivity index (χ1v) is 9.64. The standard InChI is InChI=1S/C14H17FN4O4S2/c1-3-19(4-2)25(21,22)14-18-17-13(24-14)16-12(20)9-23-11-7-5-10(15)6-8-11/h5-8H,3-4,9H2,1-2H3,(H,16,17,20). The summed E-state index contributed by atoms with van der Waals surface area (Å²) in [5, 5.41) is 9.76. The first-order valence-electron chi connectivity index (χ1n) is 7.38. The molecule has 0 saturated carbocycles. The van der Waals surface area contributed by atoms with Crippen molar-refractivity contribution in [1.82, 2.24) is 14.5 Å². The molecule has 0 unspecified atom stereocenters. The number of hydrogen-bond acceptors (Lipinski definition) is 7. The van der Waals surface area contributed by atoms with E-state index in [-0.39, 0.29) is 16.1 Å². The Hall–Kier alpha value is -2.11. The van der Waals surface area contributed by atoms with Gasteiger partial charge in [-0.3, -0.25) is 10.1 Å². The molecule has 0 aliphatic carbocycles. The minimum atomic E-state index is -3.72. The van der Waals surface area contributed by atoms with Crippen molar-refractivity contribution in [3.05, 3.63) is 30.1 Å². The Morgan fingerprint density at radius 3 is 2.48 bits per heavy atom. The third-order valence-electron chi connectivity index (χ3n) is 3.10. The Kier molecular flexibility index (Phi) is 6.39. The topological polar surface area (TPSA) is 101 Å². The molecule has 2 aromatic rings. The molecule has 8 nitrogen and oxygen atoms in total. The van der Waals surface area contributed by atoms with Gasteiger partial charge in [0.25, 0.3) is 15.9 Å². The molecular formula is C14H17FN4O4S2. The van der Waals surface area contributed by atoms with Gasteiger partial charge < -0.3 is 4.74 Å². The monoisotopic (exact) mass is 388 g/mol. The van der Waals surface area contributed by atoms with Gasteiger partial charge in [-0.1, -0.05) is 25.2 Å². The van der Waals surface area contributed by atoms with Crippen LogP contribution >= 0.6 is 11.3 Å². The van der Waals surface area contributed by atoms with E-state index in [4.69, 9.17) is 4.74 Å². The molecule has 0 atom stereocenters. The molecule has 2 rings (SSSR count). The van der Waals surface area contributed by atoms with E-state index in [0.29, 0.717) is 18.8 Å². The first kappa shape index (κ1) is 19.2. The van der Waals surface area contributed by atoms with Crippen LogP contribution in [0.4, 0.5) is 9.52 Å². The highest BCUT2D eigenvalue weighted by molar-refractivity contribution is 7.91. The van der Waals surface area contributed by atoms with Crippen molar-refractivity contribution in [2.24, 2.45) is 0 Å². The van der Waals surface area contributed by atoms with Crippen LogP contribution in [0.3, 0.4) is 0 Å². The van der Waals surface area contributed by atoms with Gasteiger partial charge in [0.15, 0.2) is 6.61 Å². The summed E-state index contributed by atoms with van der Waals surface area (Å²) in [6.07, 6.45) is 0. The lowest BCUT2D eigenvalue weighted by Crippen LogP contribution is -2.30. The number of nitrogens with zero attached hydrogens (tertiary/aromatic N) is 3. The Labute approximate surface area is 148 Å². The Morgan fingerprint density at radius 2 is 1.88 bits per heavy atom. The molecule has 0 aliphatic heterocycles. The Balaban J connectivity index is 1.96. The van der Waals surface area contributed by atoms with Crippen molar-refractivity contribution in [1.29, 1.82) is 0 Å². The SMILES string of the molecule is CCN(CC)S(=O)(=O)c1nnc(NC(=O)COc2ccc(F)cc2)s1. The number of amides is 1. The summed E-state index contributed by atoms with van der Waals surface area (Å²) in [6.45, 7) is 3.73. The molecule has 25 heavy (non-hydrogen) atoms. The molecule has 1 aromatic heterocycles. The third kappa shape index (κ3) is 4.94. The zero-order valence-corrected chi connectivity index (χ0v) is 15.2. The summed E-state index contributed by atoms with van der Waals surface area (Å²) in [5.74, 6) is -0.613. The summed E-state index contributed by atoms with van der Waals surface area (Å²) in [4.78, 5) is 11.8. The second kappa shape index (κ2) is 8.32. The van der Waals surface area contributed by atoms with Crippen LogP contribution in [0.2, 0.25) is 0 Å². The molecule has 1 N–H and O–H groups in total. The van der Waals surface area contributed by atoms with Crippen molar-refractivity contribution in [3.63, 3.8) is 0 Å². The van der Waals surface area contributed by atoms with Crippen LogP contribution in [0, 0.1) is 5.82 Å². The van der Waals surface area contributed by atoms with Gasteiger partial charge in [0.1, 0.15) is 11.6 Å². The number of halogens is 1. The van der Waals surface area contributed by atoms with Gasteiger partial charge >= 0.3 is 0 Å². The molecule has 1 heterocycles. The lowest BCUT2D eigenvalue weighted by molar-refractivity contribution is -0.118. The fraction of sp³-hybridized carbons (Fsp3) is 0.357. The number of carbonyl (C=O) groups excluding carboxylic acids is 1. The smallest absolute Gasteiger partial charge is 0.272 e. The lowest BCUT2D eigenvalue weighted by atomic mass is 10.3. The van der Waals surface area contributed by atoms with Crippen molar-refractivity contribution >= 4 is 32.4 Å². The average molecular weight is 388 g/mol. The van der Waals surface area contributed by atoms with Crippen LogP contribution in [0.5, 0.6) is 5.75 Å². The molecule has 11 heteroatoms. The number of hydrogen-bond donors (Lipinski definition) is 1. The largest absolute Gasteiger partial charge is 0.484 e. The minimum absolute atomic E-state index is 0.0541. The van der Waals surface area contributed by atoms with Crippen LogP contribution in [0.1, 0.15) is 13.8 Å². The van der Waals surface area contributed by atoms with E-state index < -0.39 is 21.7 Å². The molecule has 1 amide bonds. The zero-order chi connectivity index (χ0) is 18.4. The van der Waals surface area contributed by atoms with Gasteiger partial charge in [-0.05, 0) is 24.3 Å². The normalized spacial score (nSPS) is 11.5. The molecule has 0 fully saturated rings. The fourth-order valence-electron chi connectivity index (χ4n) is 1.87. The summed E-state index contributed by atoms with van der Waals surface area (Å²) < 4.78 is 43.6. The summed E-state index contributed by atoms with van der Waals surface area (Å²) in [6, 6.07) is 5.20. The van der Waals surface area contributed by atoms with Crippen LogP contribution in [0.25, 0.3) is 0 Å². The average Bonchev–Trinajstić information content (AvgIpc) is 3.04. The van der Waals surface area contributed by atoms with Gasteiger partial charge in [-0.25, -0.2) is 12.8 Å². The van der Waals surface area contributed by atoms with Gasteiger partial charge in [0.2, 0.25) is 9.47 Å². The molecule has 0 bridgehead atoms. The second-order valence-corrected chi connectivity index (χ2v) is 7.84. The zero-order valence-electron chi connectivity index (χ0n) is 13.6. The van der Waals surface area contributed by atoms with Crippen molar-refractivity contribution in [2.45, 2.75) is 18.2 Å². The number of sulfonamides is 1. The van der Waals surface area contributed by atoms with E-state index in [1.165, 1.54) is 28.6 Å². The molecule has 1 aromatic carbocycles. The van der Waals surface area contributed by atoms with E-state index >= 15 is 0 Å². The maximum absolute atomic E-state index is 12.8. The predicted octanol–water partition coefficient (Wildman–Crippen LogP) is 1.73. The highest BCUT2D eigenvalue weighted by Gasteiger charge is 2.26. The lowest BCUT2D eigenvalue weighted by Gasteiger charge is -2.15. The van der Waals surface area contributed by atoms with Crippen LogP contribution < -0.4 is 10.1 Å². The molecular weight excluding hydrogens is 371 g/mol. The van der Waals surface area contributed by atoms with E-state index in [9.17, 15) is 17.6 Å². The Bertz CT molecular complexity index is 820. The van der Waals surface area contributed by atoms with E-state index in [1.807, 2.05) is 0 Å². The quantitative estimate of drug-likeness (QED) is 0.691. The summed E-state index contributed by atoms with van der Waals surface area (Å²) in [5.41, 5.74) is 0. The number of anilines is 1. The maximum Gasteiger partial charge on any atom is 0.272 e. The van der Waals surface area contributed by atoms with Crippen LogP contribution in [0.15, 0.2) is 28.6 Å². The van der Waals surface area contributed by atoms with Gasteiger partial charge in [-0.2, -0.15) is 4.31 Å². The summed E-state index contributed by atoms with van der Waals surface area (Å²) in [7, 11) is -3.72. The number of nitrogens with one attached hydrogen (secondary N) is 1.